The second-order valence-electron chi connectivity index (χ2n) is 17.3. The van der Waals surface area contributed by atoms with Gasteiger partial charge in [-0.3, -0.25) is 4.90 Å². The minimum atomic E-state index is -2.30. The number of hydrogen-bond acceptors (Lipinski definition) is 9. The van der Waals surface area contributed by atoms with Gasteiger partial charge in [0.25, 0.3) is 0 Å². The number of aromatic nitrogens is 3. The van der Waals surface area contributed by atoms with Crippen molar-refractivity contribution >= 4 is 35.6 Å². The highest BCUT2D eigenvalue weighted by Gasteiger charge is 2.49. The van der Waals surface area contributed by atoms with Crippen molar-refractivity contribution in [2.24, 2.45) is 0 Å². The molecule has 0 N–H and O–H groups in total. The second kappa shape index (κ2) is 15.6. The molecule has 3 aliphatic heterocycles. The number of methoxy groups -OCH3 is 1. The van der Waals surface area contributed by atoms with Gasteiger partial charge in [0.1, 0.15) is 54.8 Å². The maximum atomic E-state index is 17.7. The Hall–Kier alpha value is -4.12. The zero-order chi connectivity index (χ0) is 40.2. The van der Waals surface area contributed by atoms with E-state index >= 15 is 8.78 Å². The van der Waals surface area contributed by atoms with Crippen LogP contribution in [-0.2, 0) is 4.74 Å². The SMILES string of the molecule is COCOc1cc(-c2nc3c4c(nc(OC[C@@]56CCCN5C[C@H](F)C6)nc4c2F)N(C2CC2)CCCO3)c2c(C#C[Si](C(C)C)(C(C)C)C(C)C)c(F)ccc2c1. The third kappa shape index (κ3) is 7.09. The summed E-state index contributed by atoms with van der Waals surface area (Å²) in [6.45, 7) is 15.6. The van der Waals surface area contributed by atoms with Crippen LogP contribution in [0.5, 0.6) is 17.6 Å². The number of hydrogen-bond donors (Lipinski definition) is 0. The van der Waals surface area contributed by atoms with E-state index in [0.717, 1.165) is 32.2 Å². The Balaban J connectivity index is 1.36. The number of fused-ring (bicyclic) bond motifs is 2. The van der Waals surface area contributed by atoms with E-state index in [1.807, 2.05) is 0 Å². The quantitative estimate of drug-likeness (QED) is 0.0838. The molecule has 0 spiro atoms. The molecule has 304 valence electrons. The highest BCUT2D eigenvalue weighted by molar-refractivity contribution is 6.90. The van der Waals surface area contributed by atoms with E-state index in [0.29, 0.717) is 76.9 Å². The number of rotatable bonds is 11. The Morgan fingerprint density at radius 2 is 1.74 bits per heavy atom. The maximum Gasteiger partial charge on any atom is 0.319 e. The number of nitrogens with zero attached hydrogens (tertiary/aromatic N) is 5. The largest absolute Gasteiger partial charge is 0.477 e. The number of anilines is 1. The molecule has 1 saturated carbocycles. The minimum absolute atomic E-state index is 0.00985. The molecule has 0 amide bonds. The summed E-state index contributed by atoms with van der Waals surface area (Å²) in [5.41, 5.74) is 4.57. The van der Waals surface area contributed by atoms with Gasteiger partial charge in [-0.1, -0.05) is 53.5 Å². The first-order chi connectivity index (χ1) is 27.4. The topological polar surface area (TPSA) is 82.1 Å². The average Bonchev–Trinajstić information content (AvgIpc) is 3.86. The first-order valence-electron chi connectivity index (χ1n) is 20.6. The van der Waals surface area contributed by atoms with Crippen molar-refractivity contribution in [3.63, 3.8) is 0 Å². The summed E-state index contributed by atoms with van der Waals surface area (Å²) in [4.78, 5) is 18.9. The fraction of sp³-hybridized carbons (Fsp3) is 0.568. The van der Waals surface area contributed by atoms with Gasteiger partial charge in [-0.05, 0) is 78.9 Å². The monoisotopic (exact) mass is 801 g/mol. The van der Waals surface area contributed by atoms with E-state index in [2.05, 4.69) is 62.8 Å². The molecule has 0 radical (unpaired) electrons. The predicted octanol–water partition coefficient (Wildman–Crippen LogP) is 9.38. The van der Waals surface area contributed by atoms with Crippen LogP contribution in [-0.4, -0.2) is 92.4 Å². The Kier molecular flexibility index (Phi) is 10.8. The summed E-state index contributed by atoms with van der Waals surface area (Å²) in [7, 11) is -0.783. The third-order valence-electron chi connectivity index (χ3n) is 12.9. The molecule has 0 bridgehead atoms. The van der Waals surface area contributed by atoms with Crippen LogP contribution in [0.1, 0.15) is 85.6 Å². The molecule has 3 fully saturated rings. The van der Waals surface area contributed by atoms with Crippen LogP contribution in [0.25, 0.3) is 32.9 Å². The number of benzene rings is 2. The number of alkyl halides is 1. The van der Waals surface area contributed by atoms with Crippen LogP contribution in [0.3, 0.4) is 0 Å². The van der Waals surface area contributed by atoms with Gasteiger partial charge in [-0.25, -0.2) is 18.2 Å². The number of ether oxygens (including phenoxy) is 4. The van der Waals surface area contributed by atoms with Gasteiger partial charge >= 0.3 is 6.01 Å². The normalized spacial score (nSPS) is 21.2. The summed E-state index contributed by atoms with van der Waals surface area (Å²) >= 11 is 0. The molecule has 2 saturated heterocycles. The lowest BCUT2D eigenvalue weighted by Crippen LogP contribution is -2.43. The van der Waals surface area contributed by atoms with Crippen molar-refractivity contribution in [2.45, 2.75) is 114 Å². The van der Waals surface area contributed by atoms with E-state index < -0.39 is 31.4 Å². The fourth-order valence-corrected chi connectivity index (χ4v) is 15.3. The molecule has 9 nitrogen and oxygen atoms in total. The van der Waals surface area contributed by atoms with E-state index in [1.54, 1.807) is 18.2 Å². The molecule has 13 heteroatoms. The summed E-state index contributed by atoms with van der Waals surface area (Å²) in [6, 6.07) is 6.77. The Morgan fingerprint density at radius 1 is 0.965 bits per heavy atom. The van der Waals surface area contributed by atoms with Crippen LogP contribution >= 0.6 is 0 Å². The van der Waals surface area contributed by atoms with Crippen LogP contribution in [0.2, 0.25) is 16.6 Å². The highest BCUT2D eigenvalue weighted by atomic mass is 28.3. The van der Waals surface area contributed by atoms with Gasteiger partial charge in [0.15, 0.2) is 12.6 Å². The maximum absolute atomic E-state index is 17.7. The fourth-order valence-electron chi connectivity index (χ4n) is 10.1. The summed E-state index contributed by atoms with van der Waals surface area (Å²) < 4.78 is 72.6. The molecule has 4 aliphatic rings. The lowest BCUT2D eigenvalue weighted by atomic mass is 9.95. The molecule has 2 aromatic carbocycles. The molecular weight excluding hydrogens is 748 g/mol. The Morgan fingerprint density at radius 3 is 2.46 bits per heavy atom. The van der Waals surface area contributed by atoms with E-state index in [9.17, 15) is 4.39 Å². The predicted molar refractivity (Wildman–Crippen MR) is 220 cm³/mol. The summed E-state index contributed by atoms with van der Waals surface area (Å²) in [6.07, 6.45) is 3.92. The Labute approximate surface area is 334 Å². The highest BCUT2D eigenvalue weighted by Crippen LogP contribution is 2.46. The van der Waals surface area contributed by atoms with Gasteiger partial charge in [0, 0.05) is 43.6 Å². The average molecular weight is 802 g/mol. The van der Waals surface area contributed by atoms with Crippen molar-refractivity contribution in [3.8, 4) is 40.4 Å². The van der Waals surface area contributed by atoms with Gasteiger partial charge in [0.2, 0.25) is 5.88 Å². The van der Waals surface area contributed by atoms with E-state index in [-0.39, 0.29) is 53.7 Å². The van der Waals surface area contributed by atoms with Crippen LogP contribution < -0.4 is 19.1 Å². The van der Waals surface area contributed by atoms with E-state index in [4.69, 9.17) is 33.9 Å². The lowest BCUT2D eigenvalue weighted by molar-refractivity contribution is 0.0512. The number of pyridine rings is 1. The van der Waals surface area contributed by atoms with Gasteiger partial charge in [-0.15, -0.1) is 5.54 Å². The van der Waals surface area contributed by atoms with Crippen molar-refractivity contribution in [1.29, 1.82) is 0 Å². The molecule has 2 aromatic heterocycles. The van der Waals surface area contributed by atoms with Crippen molar-refractivity contribution < 1.29 is 32.1 Å². The first kappa shape index (κ1) is 39.7. The van der Waals surface area contributed by atoms with E-state index in [1.165, 1.54) is 13.2 Å². The summed E-state index contributed by atoms with van der Waals surface area (Å²) in [5, 5.41) is 1.39. The Bertz CT molecular complexity index is 2220. The third-order valence-corrected chi connectivity index (χ3v) is 19.2. The first-order valence-corrected chi connectivity index (χ1v) is 22.8. The minimum Gasteiger partial charge on any atom is -0.477 e. The molecule has 5 heterocycles. The molecular formula is C44H54F3N5O4Si. The molecule has 2 atom stereocenters. The van der Waals surface area contributed by atoms with Gasteiger partial charge in [0.05, 0.1) is 17.7 Å². The zero-order valence-corrected chi connectivity index (χ0v) is 35.2. The zero-order valence-electron chi connectivity index (χ0n) is 34.2. The van der Waals surface area contributed by atoms with Crippen molar-refractivity contribution in [3.05, 3.63) is 41.5 Å². The molecule has 8 rings (SSSR count). The standard InChI is InChI=1S/C44H54F3N5O4Si/c1-26(2)57(27(3)4,28(5)6)19-14-33-35(46)13-10-29-20-32(56-25-53-7)21-34(36(29)33)39-38(47)40-37-41(52(31-11-12-31)17-9-18-54-42(37)48-39)50-43(49-40)55-24-44-15-8-16-51(44)23-30(45)22-44/h10,13,20-21,26-28,30-31H,8-9,11-12,15-18,22-25H2,1-7H3/t30-,44+/m1/s1. The van der Waals surface area contributed by atoms with Gasteiger partial charge < -0.3 is 23.8 Å². The molecule has 4 aromatic rings. The van der Waals surface area contributed by atoms with Crippen LogP contribution in [0.4, 0.5) is 19.0 Å². The van der Waals surface area contributed by atoms with Crippen LogP contribution in [0, 0.1) is 23.1 Å². The molecule has 0 unspecified atom stereocenters. The van der Waals surface area contributed by atoms with Crippen molar-refractivity contribution in [2.75, 3.05) is 51.7 Å². The van der Waals surface area contributed by atoms with Gasteiger partial charge in [-0.2, -0.15) is 9.97 Å². The van der Waals surface area contributed by atoms with Crippen molar-refractivity contribution in [1.82, 2.24) is 19.9 Å². The van der Waals surface area contributed by atoms with Crippen LogP contribution in [0.15, 0.2) is 24.3 Å². The second-order valence-corrected chi connectivity index (χ2v) is 22.9. The smallest absolute Gasteiger partial charge is 0.319 e. The lowest BCUT2D eigenvalue weighted by Gasteiger charge is -2.38. The number of halogens is 3. The molecule has 1 aliphatic carbocycles. The summed E-state index contributed by atoms with van der Waals surface area (Å²) in [5.74, 6) is 3.21. The molecule has 57 heavy (non-hydrogen) atoms.